The number of carbonyl (C=O) groups excluding carboxylic acids is 2. The van der Waals surface area contributed by atoms with Gasteiger partial charge in [-0.1, -0.05) is 43.3 Å². The second-order valence-electron chi connectivity index (χ2n) is 8.05. The number of carbonyl (C=O) groups is 2. The second-order valence-corrected chi connectivity index (χ2v) is 10.3. The molecule has 0 aliphatic heterocycles. The molecule has 2 N–H and O–H groups in total. The Balaban J connectivity index is 1.72. The van der Waals surface area contributed by atoms with E-state index in [1.54, 1.807) is 18.2 Å². The molecule has 1 aromatic heterocycles. The SMILES string of the molecule is CCn1c(SCC(=O)Nc2ccc(Cl)c(Br)c2)nnc1[C@H](NC(=O)c1cccc([N+](=O)[O-])c1)C(C)C. The van der Waals surface area contributed by atoms with Crippen LogP contribution in [0.3, 0.4) is 0 Å². The maximum atomic E-state index is 12.9. The van der Waals surface area contributed by atoms with Gasteiger partial charge >= 0.3 is 0 Å². The van der Waals surface area contributed by atoms with Crippen LogP contribution in [0.5, 0.6) is 0 Å². The number of non-ortho nitro benzene ring substituents is 1. The Hall–Kier alpha value is -2.96. The van der Waals surface area contributed by atoms with Gasteiger partial charge in [-0.3, -0.25) is 19.7 Å². The molecule has 0 saturated carbocycles. The summed E-state index contributed by atoms with van der Waals surface area (Å²) in [4.78, 5) is 35.9. The molecule has 190 valence electrons. The first-order valence-corrected chi connectivity index (χ1v) is 13.1. The first-order valence-electron chi connectivity index (χ1n) is 11.0. The minimum absolute atomic E-state index is 0.0494. The molecule has 0 saturated heterocycles. The normalized spacial score (nSPS) is 11.8. The fourth-order valence-corrected chi connectivity index (χ4v) is 4.66. The minimum atomic E-state index is -0.546. The molecule has 0 spiro atoms. The maximum Gasteiger partial charge on any atom is 0.270 e. The highest BCUT2D eigenvalue weighted by Crippen LogP contribution is 2.27. The van der Waals surface area contributed by atoms with E-state index >= 15 is 0 Å². The molecule has 0 aliphatic carbocycles. The molecule has 10 nitrogen and oxygen atoms in total. The molecule has 0 fully saturated rings. The molecule has 0 unspecified atom stereocenters. The number of halogens is 2. The highest BCUT2D eigenvalue weighted by Gasteiger charge is 2.26. The van der Waals surface area contributed by atoms with Crippen LogP contribution in [0.25, 0.3) is 0 Å². The fourth-order valence-electron chi connectivity index (χ4n) is 3.35. The number of nitrogens with zero attached hydrogens (tertiary/aromatic N) is 4. The summed E-state index contributed by atoms with van der Waals surface area (Å²) in [6.45, 7) is 6.30. The van der Waals surface area contributed by atoms with Crippen LogP contribution in [0.2, 0.25) is 5.02 Å². The third-order valence-corrected chi connectivity index (χ3v) is 7.33. The van der Waals surface area contributed by atoms with Crippen molar-refractivity contribution in [3.63, 3.8) is 0 Å². The van der Waals surface area contributed by atoms with Crippen LogP contribution in [0.4, 0.5) is 11.4 Å². The molecule has 0 radical (unpaired) electrons. The summed E-state index contributed by atoms with van der Waals surface area (Å²) in [6.07, 6.45) is 0. The summed E-state index contributed by atoms with van der Waals surface area (Å²) in [5.41, 5.74) is 0.624. The van der Waals surface area contributed by atoms with E-state index in [0.717, 1.165) is 0 Å². The van der Waals surface area contributed by atoms with Gasteiger partial charge < -0.3 is 15.2 Å². The van der Waals surface area contributed by atoms with Gasteiger partial charge in [0.2, 0.25) is 5.91 Å². The van der Waals surface area contributed by atoms with Crippen molar-refractivity contribution >= 4 is 62.5 Å². The van der Waals surface area contributed by atoms with Crippen LogP contribution in [-0.2, 0) is 11.3 Å². The smallest absolute Gasteiger partial charge is 0.270 e. The monoisotopic (exact) mass is 594 g/mol. The Kier molecular flexibility index (Phi) is 9.46. The third-order valence-electron chi connectivity index (χ3n) is 5.15. The van der Waals surface area contributed by atoms with Crippen LogP contribution in [0, 0.1) is 16.0 Å². The van der Waals surface area contributed by atoms with Crippen molar-refractivity contribution in [2.45, 2.75) is 38.5 Å². The Labute approximate surface area is 225 Å². The van der Waals surface area contributed by atoms with Crippen molar-refractivity contribution in [1.82, 2.24) is 20.1 Å². The van der Waals surface area contributed by atoms with Crippen LogP contribution >= 0.6 is 39.3 Å². The second kappa shape index (κ2) is 12.3. The van der Waals surface area contributed by atoms with Crippen molar-refractivity contribution in [2.75, 3.05) is 11.1 Å². The number of thioether (sulfide) groups is 1. The summed E-state index contributed by atoms with van der Waals surface area (Å²) in [7, 11) is 0. The molecule has 3 aromatic rings. The number of hydrogen-bond donors (Lipinski definition) is 2. The summed E-state index contributed by atoms with van der Waals surface area (Å²) >= 11 is 10.6. The van der Waals surface area contributed by atoms with E-state index in [9.17, 15) is 19.7 Å². The highest BCUT2D eigenvalue weighted by atomic mass is 79.9. The Bertz CT molecular complexity index is 1290. The molecule has 0 bridgehead atoms. The Morgan fingerprint density at radius 3 is 2.61 bits per heavy atom. The van der Waals surface area contributed by atoms with Crippen LogP contribution in [-0.4, -0.2) is 37.3 Å². The number of nitro benzene ring substituents is 1. The predicted octanol–water partition coefficient (Wildman–Crippen LogP) is 5.48. The third kappa shape index (κ3) is 6.83. The molecule has 1 atom stereocenters. The number of benzene rings is 2. The molecule has 0 aliphatic rings. The topological polar surface area (TPSA) is 132 Å². The number of nitrogens with one attached hydrogen (secondary N) is 2. The van der Waals surface area contributed by atoms with E-state index < -0.39 is 16.9 Å². The van der Waals surface area contributed by atoms with Gasteiger partial charge in [0.05, 0.1) is 21.7 Å². The maximum absolute atomic E-state index is 12.9. The van der Waals surface area contributed by atoms with E-state index in [1.165, 1.54) is 36.0 Å². The average molecular weight is 596 g/mol. The molecular weight excluding hydrogens is 572 g/mol. The first kappa shape index (κ1) is 27.6. The lowest BCUT2D eigenvalue weighted by Crippen LogP contribution is -2.33. The zero-order valence-corrected chi connectivity index (χ0v) is 22.9. The van der Waals surface area contributed by atoms with Crippen molar-refractivity contribution < 1.29 is 14.5 Å². The lowest BCUT2D eigenvalue weighted by Gasteiger charge is -2.22. The largest absolute Gasteiger partial charge is 0.342 e. The molecule has 36 heavy (non-hydrogen) atoms. The van der Waals surface area contributed by atoms with Gasteiger partial charge in [0.15, 0.2) is 11.0 Å². The van der Waals surface area contributed by atoms with E-state index in [0.29, 0.717) is 32.7 Å². The van der Waals surface area contributed by atoms with E-state index in [-0.39, 0.29) is 28.8 Å². The van der Waals surface area contributed by atoms with Crippen molar-refractivity contribution in [3.05, 3.63) is 73.5 Å². The number of rotatable bonds is 10. The minimum Gasteiger partial charge on any atom is -0.342 e. The van der Waals surface area contributed by atoms with Crippen LogP contribution in [0.1, 0.15) is 43.0 Å². The van der Waals surface area contributed by atoms with E-state index in [2.05, 4.69) is 36.8 Å². The van der Waals surface area contributed by atoms with Gasteiger partial charge in [0, 0.05) is 34.4 Å². The number of nitro groups is 1. The Morgan fingerprint density at radius 2 is 1.97 bits per heavy atom. The standard InChI is InChI=1S/C23H24BrClN6O4S/c1-4-30-21(20(13(2)3)27-22(33)14-6-5-7-16(10-14)31(34)35)28-29-23(30)36-12-19(32)26-15-8-9-18(25)17(24)11-15/h5-11,13,20H,4,12H2,1-3H3,(H,26,32)(H,27,33)/t20-/m1/s1. The zero-order chi connectivity index (χ0) is 26.4. The summed E-state index contributed by atoms with van der Waals surface area (Å²) in [6, 6.07) is 10.2. The Morgan fingerprint density at radius 1 is 1.22 bits per heavy atom. The van der Waals surface area contributed by atoms with Gasteiger partial charge in [-0.15, -0.1) is 10.2 Å². The molecule has 3 rings (SSSR count). The molecule has 2 aromatic carbocycles. The lowest BCUT2D eigenvalue weighted by atomic mass is 10.0. The number of anilines is 1. The van der Waals surface area contributed by atoms with Gasteiger partial charge in [-0.05, 0) is 53.0 Å². The fraction of sp³-hybridized carbons (Fsp3) is 0.304. The highest BCUT2D eigenvalue weighted by molar-refractivity contribution is 9.10. The number of amides is 2. The summed E-state index contributed by atoms with van der Waals surface area (Å²) in [5.74, 6) is -0.0841. The number of aromatic nitrogens is 3. The molecule has 1 heterocycles. The zero-order valence-electron chi connectivity index (χ0n) is 19.7. The van der Waals surface area contributed by atoms with Gasteiger partial charge in [0.25, 0.3) is 11.6 Å². The number of hydrogen-bond acceptors (Lipinski definition) is 7. The van der Waals surface area contributed by atoms with Crippen molar-refractivity contribution in [2.24, 2.45) is 5.92 Å². The summed E-state index contributed by atoms with van der Waals surface area (Å²) in [5, 5.41) is 26.4. The van der Waals surface area contributed by atoms with Crippen LogP contribution < -0.4 is 10.6 Å². The van der Waals surface area contributed by atoms with Gasteiger partial charge in [-0.2, -0.15) is 0 Å². The van der Waals surface area contributed by atoms with Crippen molar-refractivity contribution in [3.8, 4) is 0 Å². The van der Waals surface area contributed by atoms with E-state index in [1.807, 2.05) is 25.3 Å². The summed E-state index contributed by atoms with van der Waals surface area (Å²) < 4.78 is 2.52. The first-order chi connectivity index (χ1) is 17.1. The molecule has 13 heteroatoms. The lowest BCUT2D eigenvalue weighted by molar-refractivity contribution is -0.384. The molecule has 2 amide bonds. The average Bonchev–Trinajstić information content (AvgIpc) is 3.25. The van der Waals surface area contributed by atoms with E-state index in [4.69, 9.17) is 11.6 Å². The molecular formula is C23H24BrClN6O4S. The van der Waals surface area contributed by atoms with Gasteiger partial charge in [-0.25, -0.2) is 0 Å². The van der Waals surface area contributed by atoms with Crippen molar-refractivity contribution in [1.29, 1.82) is 0 Å². The van der Waals surface area contributed by atoms with Gasteiger partial charge in [0.1, 0.15) is 0 Å². The van der Waals surface area contributed by atoms with Crippen LogP contribution in [0.15, 0.2) is 52.1 Å². The predicted molar refractivity (Wildman–Crippen MR) is 142 cm³/mol. The quantitative estimate of drug-likeness (QED) is 0.180.